The molecule has 0 saturated carbocycles. The summed E-state index contributed by atoms with van der Waals surface area (Å²) < 4.78 is 1.37. The van der Waals surface area contributed by atoms with E-state index >= 15 is 0 Å². The first-order chi connectivity index (χ1) is 9.24. The monoisotopic (exact) mass is 250 g/mol. The SMILES string of the molecule is C#Cc1ccc(C(=O)NC(C#N)n2cccn2)cc1. The molecule has 1 amide bonds. The number of hydrogen-bond acceptors (Lipinski definition) is 3. The number of carbonyl (C=O) groups excluding carboxylic acids is 1. The lowest BCUT2D eigenvalue weighted by atomic mass is 10.1. The highest BCUT2D eigenvalue weighted by molar-refractivity contribution is 5.94. The predicted molar refractivity (Wildman–Crippen MR) is 68.7 cm³/mol. The molecule has 0 aliphatic heterocycles. The molecule has 5 heteroatoms. The van der Waals surface area contributed by atoms with E-state index < -0.39 is 6.17 Å². The first-order valence-corrected chi connectivity index (χ1v) is 5.51. The Morgan fingerprint density at radius 2 is 2.16 bits per heavy atom. The van der Waals surface area contributed by atoms with Crippen molar-refractivity contribution in [3.63, 3.8) is 0 Å². The summed E-state index contributed by atoms with van der Waals surface area (Å²) in [4.78, 5) is 12.0. The second-order valence-electron chi connectivity index (χ2n) is 3.71. The average Bonchev–Trinajstić information content (AvgIpc) is 2.98. The summed E-state index contributed by atoms with van der Waals surface area (Å²) in [5.41, 5.74) is 1.13. The summed E-state index contributed by atoms with van der Waals surface area (Å²) in [5.74, 6) is 2.11. The Hall–Kier alpha value is -3.05. The van der Waals surface area contributed by atoms with Gasteiger partial charge in [0.2, 0.25) is 6.17 Å². The van der Waals surface area contributed by atoms with Gasteiger partial charge < -0.3 is 5.32 Å². The number of carbonyl (C=O) groups is 1. The van der Waals surface area contributed by atoms with Gasteiger partial charge in [-0.15, -0.1) is 6.42 Å². The van der Waals surface area contributed by atoms with Crippen LogP contribution in [-0.4, -0.2) is 15.7 Å². The normalized spacial score (nSPS) is 11.1. The highest BCUT2D eigenvalue weighted by Crippen LogP contribution is 2.06. The van der Waals surface area contributed by atoms with E-state index in [2.05, 4.69) is 16.3 Å². The molecule has 2 aromatic rings. The Balaban J connectivity index is 2.12. The first-order valence-electron chi connectivity index (χ1n) is 5.51. The summed E-state index contributed by atoms with van der Waals surface area (Å²) in [5, 5.41) is 15.5. The lowest BCUT2D eigenvalue weighted by molar-refractivity contribution is 0.0930. The molecule has 1 heterocycles. The van der Waals surface area contributed by atoms with Crippen molar-refractivity contribution in [2.24, 2.45) is 0 Å². The zero-order valence-electron chi connectivity index (χ0n) is 9.95. The number of hydrogen-bond donors (Lipinski definition) is 1. The molecule has 1 aromatic carbocycles. The van der Waals surface area contributed by atoms with Crippen LogP contribution in [0.15, 0.2) is 42.7 Å². The molecule has 92 valence electrons. The first kappa shape index (κ1) is 12.4. The number of nitrogens with zero attached hydrogens (tertiary/aromatic N) is 3. The number of nitrogens with one attached hydrogen (secondary N) is 1. The van der Waals surface area contributed by atoms with E-state index in [9.17, 15) is 4.79 Å². The standard InChI is InChI=1S/C14H10N4O/c1-2-11-4-6-12(7-5-11)14(19)17-13(10-15)18-9-3-8-16-18/h1,3-9,13H,(H,17,19). The predicted octanol–water partition coefficient (Wildman–Crippen LogP) is 1.32. The largest absolute Gasteiger partial charge is 0.318 e. The third kappa shape index (κ3) is 2.80. The van der Waals surface area contributed by atoms with Crippen molar-refractivity contribution in [3.8, 4) is 18.4 Å². The van der Waals surface area contributed by atoms with Crippen LogP contribution in [0, 0.1) is 23.7 Å². The Morgan fingerprint density at radius 1 is 1.42 bits per heavy atom. The molecule has 0 saturated heterocycles. The van der Waals surface area contributed by atoms with E-state index in [1.165, 1.54) is 10.9 Å². The summed E-state index contributed by atoms with van der Waals surface area (Å²) in [6, 6.07) is 10.2. The van der Waals surface area contributed by atoms with Gasteiger partial charge in [-0.2, -0.15) is 10.4 Å². The van der Waals surface area contributed by atoms with Gasteiger partial charge >= 0.3 is 0 Å². The molecule has 0 spiro atoms. The molecular formula is C14H10N4O. The molecule has 0 fully saturated rings. The molecule has 1 unspecified atom stereocenters. The molecule has 1 atom stereocenters. The van der Waals surface area contributed by atoms with Crippen LogP contribution < -0.4 is 5.32 Å². The summed E-state index contributed by atoms with van der Waals surface area (Å²) in [6.07, 6.45) is 7.55. The molecule has 0 radical (unpaired) electrons. The van der Waals surface area contributed by atoms with Crippen molar-refractivity contribution in [1.82, 2.24) is 15.1 Å². The molecule has 19 heavy (non-hydrogen) atoms. The van der Waals surface area contributed by atoms with Crippen molar-refractivity contribution >= 4 is 5.91 Å². The van der Waals surface area contributed by atoms with Gasteiger partial charge in [0.15, 0.2) is 0 Å². The topological polar surface area (TPSA) is 70.7 Å². The quantitative estimate of drug-likeness (QED) is 0.835. The van der Waals surface area contributed by atoms with E-state index in [4.69, 9.17) is 11.7 Å². The maximum absolute atomic E-state index is 12.0. The highest BCUT2D eigenvalue weighted by atomic mass is 16.1. The lowest BCUT2D eigenvalue weighted by Crippen LogP contribution is -2.31. The molecular weight excluding hydrogens is 240 g/mol. The maximum atomic E-state index is 12.0. The Kier molecular flexibility index (Phi) is 3.61. The number of benzene rings is 1. The summed E-state index contributed by atoms with van der Waals surface area (Å²) in [7, 11) is 0. The van der Waals surface area contributed by atoms with Gasteiger partial charge in [0.1, 0.15) is 6.07 Å². The second-order valence-corrected chi connectivity index (χ2v) is 3.71. The fraction of sp³-hybridized carbons (Fsp3) is 0.0714. The van der Waals surface area contributed by atoms with E-state index in [0.29, 0.717) is 11.1 Å². The Morgan fingerprint density at radius 3 is 2.68 bits per heavy atom. The molecule has 5 nitrogen and oxygen atoms in total. The number of rotatable bonds is 3. The zero-order valence-corrected chi connectivity index (χ0v) is 9.95. The van der Waals surface area contributed by atoms with Crippen molar-refractivity contribution in [2.45, 2.75) is 6.17 Å². The smallest absolute Gasteiger partial charge is 0.253 e. The van der Waals surface area contributed by atoms with Crippen LogP contribution in [0.3, 0.4) is 0 Å². The molecule has 1 N–H and O–H groups in total. The molecule has 0 aliphatic rings. The van der Waals surface area contributed by atoms with Gasteiger partial charge in [-0.1, -0.05) is 5.92 Å². The van der Waals surface area contributed by atoms with Gasteiger partial charge in [0.25, 0.3) is 5.91 Å². The number of terminal acetylenes is 1. The second kappa shape index (κ2) is 5.52. The van der Waals surface area contributed by atoms with Crippen LogP contribution in [0.2, 0.25) is 0 Å². The van der Waals surface area contributed by atoms with Crippen molar-refractivity contribution < 1.29 is 4.79 Å². The van der Waals surface area contributed by atoms with E-state index in [-0.39, 0.29) is 5.91 Å². The van der Waals surface area contributed by atoms with Crippen molar-refractivity contribution in [3.05, 3.63) is 53.9 Å². The fourth-order valence-electron chi connectivity index (χ4n) is 1.52. The maximum Gasteiger partial charge on any atom is 0.253 e. The van der Waals surface area contributed by atoms with Crippen LogP contribution in [0.5, 0.6) is 0 Å². The number of nitriles is 1. The number of amides is 1. The molecule has 0 aliphatic carbocycles. The zero-order chi connectivity index (χ0) is 13.7. The Bertz CT molecular complexity index is 644. The Labute approximate surface area is 110 Å². The van der Waals surface area contributed by atoms with E-state index in [1.807, 2.05) is 6.07 Å². The summed E-state index contributed by atoms with van der Waals surface area (Å²) in [6.45, 7) is 0. The molecule has 2 rings (SSSR count). The van der Waals surface area contributed by atoms with Crippen LogP contribution in [0.1, 0.15) is 22.1 Å². The van der Waals surface area contributed by atoms with Gasteiger partial charge in [-0.3, -0.25) is 4.79 Å². The van der Waals surface area contributed by atoms with E-state index in [0.717, 1.165) is 0 Å². The van der Waals surface area contributed by atoms with Gasteiger partial charge in [0.05, 0.1) is 0 Å². The van der Waals surface area contributed by atoms with Crippen molar-refractivity contribution in [1.29, 1.82) is 5.26 Å². The van der Waals surface area contributed by atoms with Crippen LogP contribution in [0.4, 0.5) is 0 Å². The van der Waals surface area contributed by atoms with Crippen LogP contribution in [0.25, 0.3) is 0 Å². The molecule has 0 bridgehead atoms. The third-order valence-electron chi connectivity index (χ3n) is 2.49. The highest BCUT2D eigenvalue weighted by Gasteiger charge is 2.14. The van der Waals surface area contributed by atoms with Gasteiger partial charge in [-0.05, 0) is 30.3 Å². The van der Waals surface area contributed by atoms with Gasteiger partial charge in [-0.25, -0.2) is 4.68 Å². The third-order valence-corrected chi connectivity index (χ3v) is 2.49. The minimum absolute atomic E-state index is 0.356. The fourth-order valence-corrected chi connectivity index (χ4v) is 1.52. The summed E-state index contributed by atoms with van der Waals surface area (Å²) >= 11 is 0. The minimum Gasteiger partial charge on any atom is -0.318 e. The van der Waals surface area contributed by atoms with Gasteiger partial charge in [0, 0.05) is 23.5 Å². The minimum atomic E-state index is -0.838. The lowest BCUT2D eigenvalue weighted by Gasteiger charge is -2.11. The molecule has 1 aromatic heterocycles. The number of aromatic nitrogens is 2. The van der Waals surface area contributed by atoms with Crippen LogP contribution >= 0.6 is 0 Å². The van der Waals surface area contributed by atoms with Crippen molar-refractivity contribution in [2.75, 3.05) is 0 Å². The van der Waals surface area contributed by atoms with E-state index in [1.54, 1.807) is 36.5 Å². The van der Waals surface area contributed by atoms with Crippen LogP contribution in [-0.2, 0) is 0 Å². The average molecular weight is 250 g/mol.